The third kappa shape index (κ3) is 4.94. The number of Topliss-reactive ketones (excluding diaryl/α,β-unsaturated/α-hetero) is 1. The molecule has 6 heteroatoms. The Labute approximate surface area is 115 Å². The summed E-state index contributed by atoms with van der Waals surface area (Å²) < 4.78 is 47.7. The van der Waals surface area contributed by atoms with Crippen LogP contribution >= 0.6 is 0 Å². The van der Waals surface area contributed by atoms with E-state index in [1.54, 1.807) is 13.8 Å². The molecule has 3 nitrogen and oxygen atoms in total. The number of hydrogen-bond acceptors (Lipinski definition) is 3. The molecular formula is C14H17F3O3. The number of ketones is 1. The predicted octanol–water partition coefficient (Wildman–Crippen LogP) is 3.68. The molecule has 0 unspecified atom stereocenters. The van der Waals surface area contributed by atoms with E-state index < -0.39 is 18.0 Å². The van der Waals surface area contributed by atoms with E-state index in [4.69, 9.17) is 9.47 Å². The van der Waals surface area contributed by atoms with Crippen molar-refractivity contribution in [3.63, 3.8) is 0 Å². The minimum absolute atomic E-state index is 0.0208. The van der Waals surface area contributed by atoms with Crippen molar-refractivity contribution in [1.82, 2.24) is 0 Å². The molecule has 0 amide bonds. The number of alkyl halides is 3. The molecule has 0 bridgehead atoms. The van der Waals surface area contributed by atoms with Gasteiger partial charge in [-0.25, -0.2) is 0 Å². The average Bonchev–Trinajstić information content (AvgIpc) is 2.38. The number of rotatable bonds is 7. The Morgan fingerprint density at radius 3 is 2.00 bits per heavy atom. The standard InChI is InChI=1S/C14H17F3O3/c1-3-19-13(20-4-2)9-12(18)10-5-7-11(8-6-10)14(15,16)17/h5-8,13H,3-4,9H2,1-2H3. The first-order valence-electron chi connectivity index (χ1n) is 6.32. The molecule has 0 aliphatic carbocycles. The maximum absolute atomic E-state index is 12.4. The van der Waals surface area contributed by atoms with E-state index in [2.05, 4.69) is 0 Å². The summed E-state index contributed by atoms with van der Waals surface area (Å²) in [4.78, 5) is 11.9. The van der Waals surface area contributed by atoms with Gasteiger partial charge in [-0.1, -0.05) is 12.1 Å². The summed E-state index contributed by atoms with van der Waals surface area (Å²) in [6.45, 7) is 4.33. The van der Waals surface area contributed by atoms with Crippen molar-refractivity contribution in [2.45, 2.75) is 32.7 Å². The van der Waals surface area contributed by atoms with Crippen LogP contribution in [0.3, 0.4) is 0 Å². The first kappa shape index (κ1) is 16.7. The zero-order chi connectivity index (χ0) is 15.2. The Hall–Kier alpha value is -1.40. The summed E-state index contributed by atoms with van der Waals surface area (Å²) in [5.74, 6) is -0.314. The van der Waals surface area contributed by atoms with Crippen molar-refractivity contribution in [3.05, 3.63) is 35.4 Å². The Morgan fingerprint density at radius 1 is 1.10 bits per heavy atom. The quantitative estimate of drug-likeness (QED) is 0.567. The highest BCUT2D eigenvalue weighted by Gasteiger charge is 2.30. The summed E-state index contributed by atoms with van der Waals surface area (Å²) >= 11 is 0. The highest BCUT2D eigenvalue weighted by atomic mass is 19.4. The smallest absolute Gasteiger partial charge is 0.352 e. The van der Waals surface area contributed by atoms with E-state index in [9.17, 15) is 18.0 Å². The number of halogens is 3. The highest BCUT2D eigenvalue weighted by Crippen LogP contribution is 2.29. The van der Waals surface area contributed by atoms with Gasteiger partial charge < -0.3 is 9.47 Å². The molecule has 0 spiro atoms. The maximum atomic E-state index is 12.4. The molecule has 0 heterocycles. The molecule has 0 saturated carbocycles. The van der Waals surface area contributed by atoms with E-state index in [1.165, 1.54) is 12.1 Å². The van der Waals surface area contributed by atoms with Gasteiger partial charge in [0.25, 0.3) is 0 Å². The van der Waals surface area contributed by atoms with Crippen molar-refractivity contribution >= 4 is 5.78 Å². The summed E-state index contributed by atoms with van der Waals surface area (Å²) in [5, 5.41) is 0. The fraction of sp³-hybridized carbons (Fsp3) is 0.500. The van der Waals surface area contributed by atoms with Crippen LogP contribution in [0.25, 0.3) is 0 Å². The van der Waals surface area contributed by atoms with Crippen LogP contribution in [-0.4, -0.2) is 25.3 Å². The fourth-order valence-corrected chi connectivity index (χ4v) is 1.65. The summed E-state index contributed by atoms with van der Waals surface area (Å²) in [6.07, 6.45) is -5.09. The Bertz CT molecular complexity index is 420. The van der Waals surface area contributed by atoms with Gasteiger partial charge in [0.15, 0.2) is 12.1 Å². The fourth-order valence-electron chi connectivity index (χ4n) is 1.65. The minimum atomic E-state index is -4.40. The molecule has 0 aromatic heterocycles. The monoisotopic (exact) mass is 290 g/mol. The maximum Gasteiger partial charge on any atom is 0.416 e. The van der Waals surface area contributed by atoms with Crippen LogP contribution in [0.4, 0.5) is 13.2 Å². The SMILES string of the molecule is CCOC(CC(=O)c1ccc(C(F)(F)F)cc1)OCC. The molecule has 0 aliphatic rings. The van der Waals surface area contributed by atoms with Crippen molar-refractivity contribution in [2.75, 3.05) is 13.2 Å². The molecule has 0 N–H and O–H groups in total. The number of benzene rings is 1. The molecule has 0 aliphatic heterocycles. The average molecular weight is 290 g/mol. The predicted molar refractivity (Wildman–Crippen MR) is 67.4 cm³/mol. The molecule has 0 fully saturated rings. The normalized spacial score (nSPS) is 11.9. The minimum Gasteiger partial charge on any atom is -0.352 e. The van der Waals surface area contributed by atoms with Crippen LogP contribution < -0.4 is 0 Å². The third-order valence-corrected chi connectivity index (χ3v) is 2.59. The molecule has 112 valence electrons. The molecule has 1 rings (SSSR count). The first-order valence-corrected chi connectivity index (χ1v) is 6.32. The van der Waals surface area contributed by atoms with Gasteiger partial charge in [0.05, 0.1) is 12.0 Å². The van der Waals surface area contributed by atoms with Crippen molar-refractivity contribution < 1.29 is 27.4 Å². The van der Waals surface area contributed by atoms with Gasteiger partial charge in [0, 0.05) is 18.8 Å². The summed E-state index contributed by atoms with van der Waals surface area (Å²) in [7, 11) is 0. The van der Waals surface area contributed by atoms with Crippen LogP contribution in [0.2, 0.25) is 0 Å². The van der Waals surface area contributed by atoms with Gasteiger partial charge in [-0.15, -0.1) is 0 Å². The van der Waals surface area contributed by atoms with Crippen molar-refractivity contribution in [3.8, 4) is 0 Å². The molecule has 1 aromatic rings. The Kier molecular flexibility index (Phi) is 6.16. The van der Waals surface area contributed by atoms with E-state index in [1.807, 2.05) is 0 Å². The van der Waals surface area contributed by atoms with Crippen LogP contribution in [0.5, 0.6) is 0 Å². The molecule has 0 saturated heterocycles. The highest BCUT2D eigenvalue weighted by molar-refractivity contribution is 5.96. The largest absolute Gasteiger partial charge is 0.416 e. The van der Waals surface area contributed by atoms with E-state index in [-0.39, 0.29) is 17.8 Å². The second kappa shape index (κ2) is 7.40. The Balaban J connectivity index is 2.72. The number of hydrogen-bond donors (Lipinski definition) is 0. The van der Waals surface area contributed by atoms with E-state index in [0.717, 1.165) is 12.1 Å². The number of carbonyl (C=O) groups is 1. The molecule has 20 heavy (non-hydrogen) atoms. The Morgan fingerprint density at radius 2 is 1.60 bits per heavy atom. The molecule has 1 aromatic carbocycles. The zero-order valence-electron chi connectivity index (χ0n) is 11.4. The summed E-state index contributed by atoms with van der Waals surface area (Å²) in [6, 6.07) is 4.12. The molecular weight excluding hydrogens is 273 g/mol. The number of carbonyl (C=O) groups excluding carboxylic acids is 1. The van der Waals surface area contributed by atoms with Crippen LogP contribution in [-0.2, 0) is 15.7 Å². The van der Waals surface area contributed by atoms with Gasteiger partial charge in [0.1, 0.15) is 0 Å². The van der Waals surface area contributed by atoms with Crippen LogP contribution in [0.1, 0.15) is 36.2 Å². The lowest BCUT2D eigenvalue weighted by molar-refractivity contribution is -0.137. The van der Waals surface area contributed by atoms with Gasteiger partial charge >= 0.3 is 6.18 Å². The first-order chi connectivity index (χ1) is 9.38. The van der Waals surface area contributed by atoms with Crippen molar-refractivity contribution in [1.29, 1.82) is 0 Å². The molecule has 0 atom stereocenters. The second-order valence-corrected chi connectivity index (χ2v) is 4.04. The van der Waals surface area contributed by atoms with Gasteiger partial charge in [0.2, 0.25) is 0 Å². The zero-order valence-corrected chi connectivity index (χ0v) is 11.4. The van der Waals surface area contributed by atoms with Crippen LogP contribution in [0, 0.1) is 0 Å². The summed E-state index contributed by atoms with van der Waals surface area (Å²) in [5.41, 5.74) is -0.567. The lowest BCUT2D eigenvalue weighted by Gasteiger charge is -2.16. The van der Waals surface area contributed by atoms with Crippen molar-refractivity contribution in [2.24, 2.45) is 0 Å². The lowest BCUT2D eigenvalue weighted by atomic mass is 10.1. The van der Waals surface area contributed by atoms with Crippen LogP contribution in [0.15, 0.2) is 24.3 Å². The van der Waals surface area contributed by atoms with Gasteiger partial charge in [-0.3, -0.25) is 4.79 Å². The van der Waals surface area contributed by atoms with Gasteiger partial charge in [-0.2, -0.15) is 13.2 Å². The van der Waals surface area contributed by atoms with E-state index >= 15 is 0 Å². The topological polar surface area (TPSA) is 35.5 Å². The molecule has 0 radical (unpaired) electrons. The van der Waals surface area contributed by atoms with E-state index in [0.29, 0.717) is 13.2 Å². The lowest BCUT2D eigenvalue weighted by Crippen LogP contribution is -2.21. The van der Waals surface area contributed by atoms with Gasteiger partial charge in [-0.05, 0) is 26.0 Å². The number of ether oxygens (including phenoxy) is 2. The second-order valence-electron chi connectivity index (χ2n) is 4.04. The third-order valence-electron chi connectivity index (χ3n) is 2.59.